The van der Waals surface area contributed by atoms with Crippen molar-refractivity contribution in [3.05, 3.63) is 12.2 Å². The number of hydrogen-bond acceptors (Lipinski definition) is 9. The molecule has 6 atom stereocenters. The summed E-state index contributed by atoms with van der Waals surface area (Å²) in [5.74, 6) is -0.321. The monoisotopic (exact) mass is 616 g/mol. The van der Waals surface area contributed by atoms with Gasteiger partial charge in [-0.15, -0.1) is 0 Å². The number of aliphatic hydroxyl groups is 4. The molecule has 1 rings (SSSR count). The van der Waals surface area contributed by atoms with Crippen LogP contribution in [0.4, 0.5) is 0 Å². The van der Waals surface area contributed by atoms with Crippen LogP contribution >= 0.6 is 0 Å². The van der Waals surface area contributed by atoms with E-state index in [1.807, 2.05) is 0 Å². The SMILES string of the molecule is CCC/C=C\CCCCCCCCOCC(COC1OC(CO)C(O)C(O)C1O)OC(=O)CCCCCCCCCCC. The maximum atomic E-state index is 12.6. The number of allylic oxidation sites excluding steroid dienone is 2. The predicted molar refractivity (Wildman–Crippen MR) is 169 cm³/mol. The molecule has 0 aromatic rings. The van der Waals surface area contributed by atoms with Gasteiger partial charge in [0, 0.05) is 13.0 Å². The van der Waals surface area contributed by atoms with E-state index in [0.717, 1.165) is 38.5 Å². The summed E-state index contributed by atoms with van der Waals surface area (Å²) in [4.78, 5) is 12.6. The first kappa shape index (κ1) is 40.0. The number of ether oxygens (including phenoxy) is 4. The number of esters is 1. The Balaban J connectivity index is 2.38. The van der Waals surface area contributed by atoms with Crippen molar-refractivity contribution in [2.45, 2.75) is 173 Å². The molecule has 0 saturated carbocycles. The van der Waals surface area contributed by atoms with E-state index in [1.165, 1.54) is 77.0 Å². The highest BCUT2D eigenvalue weighted by atomic mass is 16.7. The Morgan fingerprint density at radius 2 is 1.33 bits per heavy atom. The summed E-state index contributed by atoms with van der Waals surface area (Å²) in [6, 6.07) is 0. The number of aliphatic hydroxyl groups excluding tert-OH is 4. The lowest BCUT2D eigenvalue weighted by Gasteiger charge is -2.39. The smallest absolute Gasteiger partial charge is 0.306 e. The molecule has 0 spiro atoms. The molecule has 43 heavy (non-hydrogen) atoms. The van der Waals surface area contributed by atoms with Gasteiger partial charge < -0.3 is 39.4 Å². The second kappa shape index (κ2) is 27.3. The summed E-state index contributed by atoms with van der Waals surface area (Å²) in [6.45, 7) is 4.45. The van der Waals surface area contributed by atoms with Crippen molar-refractivity contribution in [2.75, 3.05) is 26.4 Å². The molecule has 0 bridgehead atoms. The zero-order valence-corrected chi connectivity index (χ0v) is 27.2. The van der Waals surface area contributed by atoms with Crippen molar-refractivity contribution in [1.82, 2.24) is 0 Å². The van der Waals surface area contributed by atoms with Crippen LogP contribution in [0.25, 0.3) is 0 Å². The molecule has 1 fully saturated rings. The highest BCUT2D eigenvalue weighted by Gasteiger charge is 2.44. The summed E-state index contributed by atoms with van der Waals surface area (Å²) in [6.07, 6.45) is 18.1. The Bertz CT molecular complexity index is 672. The lowest BCUT2D eigenvalue weighted by Crippen LogP contribution is -2.59. The lowest BCUT2D eigenvalue weighted by molar-refractivity contribution is -0.305. The average Bonchev–Trinajstić information content (AvgIpc) is 3.00. The van der Waals surface area contributed by atoms with Crippen LogP contribution in [-0.2, 0) is 23.7 Å². The number of hydrogen-bond donors (Lipinski definition) is 4. The first-order chi connectivity index (χ1) is 20.9. The van der Waals surface area contributed by atoms with Gasteiger partial charge in [-0.2, -0.15) is 0 Å². The second-order valence-electron chi connectivity index (χ2n) is 12.0. The van der Waals surface area contributed by atoms with Gasteiger partial charge in [-0.25, -0.2) is 0 Å². The molecule has 6 unspecified atom stereocenters. The van der Waals surface area contributed by atoms with Crippen LogP contribution in [0.5, 0.6) is 0 Å². The van der Waals surface area contributed by atoms with Crippen LogP contribution in [0.1, 0.15) is 136 Å². The van der Waals surface area contributed by atoms with Gasteiger partial charge in [0.05, 0.1) is 19.8 Å². The lowest BCUT2D eigenvalue weighted by atomic mass is 9.99. The maximum absolute atomic E-state index is 12.6. The third-order valence-electron chi connectivity index (χ3n) is 7.91. The quantitative estimate of drug-likeness (QED) is 0.0493. The molecule has 1 aliphatic rings. The van der Waals surface area contributed by atoms with E-state index < -0.39 is 43.4 Å². The molecule has 0 amide bonds. The zero-order valence-electron chi connectivity index (χ0n) is 27.2. The minimum absolute atomic E-state index is 0.112. The third kappa shape index (κ3) is 19.8. The topological polar surface area (TPSA) is 135 Å². The normalized spacial score (nSPS) is 23.2. The standard InChI is InChI=1S/C34H64O9/c1-3-5-7-9-11-13-14-16-18-20-22-24-40-26-28(27-41-34-33(39)32(38)31(37)29(25-35)43-34)42-30(36)23-21-19-17-15-12-10-8-6-4-2/h7,9,28-29,31-35,37-39H,3-6,8,10-27H2,1-2H3/b9-7-. The molecule has 4 N–H and O–H groups in total. The van der Waals surface area contributed by atoms with Gasteiger partial charge >= 0.3 is 5.97 Å². The molecular weight excluding hydrogens is 552 g/mol. The van der Waals surface area contributed by atoms with Crippen molar-refractivity contribution in [1.29, 1.82) is 0 Å². The average molecular weight is 617 g/mol. The van der Waals surface area contributed by atoms with Gasteiger partial charge in [0.15, 0.2) is 6.29 Å². The van der Waals surface area contributed by atoms with E-state index in [-0.39, 0.29) is 19.2 Å². The van der Waals surface area contributed by atoms with Crippen LogP contribution in [0.15, 0.2) is 12.2 Å². The van der Waals surface area contributed by atoms with E-state index in [4.69, 9.17) is 18.9 Å². The maximum Gasteiger partial charge on any atom is 0.306 e. The molecule has 0 aromatic carbocycles. The fourth-order valence-electron chi connectivity index (χ4n) is 5.14. The van der Waals surface area contributed by atoms with Crippen molar-refractivity contribution in [3.8, 4) is 0 Å². The molecular formula is C34H64O9. The van der Waals surface area contributed by atoms with Crippen LogP contribution < -0.4 is 0 Å². The van der Waals surface area contributed by atoms with E-state index >= 15 is 0 Å². The second-order valence-corrected chi connectivity index (χ2v) is 12.0. The van der Waals surface area contributed by atoms with Gasteiger partial charge in [-0.1, -0.05) is 109 Å². The van der Waals surface area contributed by atoms with Gasteiger partial charge in [0.1, 0.15) is 30.5 Å². The highest BCUT2D eigenvalue weighted by Crippen LogP contribution is 2.22. The van der Waals surface area contributed by atoms with Gasteiger partial charge in [0.2, 0.25) is 0 Å². The van der Waals surface area contributed by atoms with Crippen LogP contribution in [0, 0.1) is 0 Å². The van der Waals surface area contributed by atoms with Gasteiger partial charge in [-0.3, -0.25) is 4.79 Å². The molecule has 0 aliphatic carbocycles. The van der Waals surface area contributed by atoms with Gasteiger partial charge in [0.25, 0.3) is 0 Å². The first-order valence-corrected chi connectivity index (χ1v) is 17.3. The molecule has 1 heterocycles. The minimum atomic E-state index is -1.53. The van der Waals surface area contributed by atoms with Gasteiger partial charge in [-0.05, 0) is 32.1 Å². The van der Waals surface area contributed by atoms with Crippen LogP contribution in [0.2, 0.25) is 0 Å². The fraction of sp³-hybridized carbons (Fsp3) is 0.912. The fourth-order valence-corrected chi connectivity index (χ4v) is 5.14. The molecule has 1 aliphatic heterocycles. The van der Waals surface area contributed by atoms with E-state index in [9.17, 15) is 25.2 Å². The Hall–Kier alpha value is -1.07. The summed E-state index contributed by atoms with van der Waals surface area (Å²) in [7, 11) is 0. The zero-order chi connectivity index (χ0) is 31.5. The van der Waals surface area contributed by atoms with E-state index in [0.29, 0.717) is 13.0 Å². The summed E-state index contributed by atoms with van der Waals surface area (Å²) < 4.78 is 22.6. The number of carbonyl (C=O) groups excluding carboxylic acids is 1. The molecule has 254 valence electrons. The van der Waals surface area contributed by atoms with Crippen molar-refractivity contribution >= 4 is 5.97 Å². The molecule has 0 radical (unpaired) electrons. The molecule has 0 aromatic heterocycles. The summed E-state index contributed by atoms with van der Waals surface area (Å²) in [5.41, 5.74) is 0. The number of carbonyl (C=O) groups is 1. The summed E-state index contributed by atoms with van der Waals surface area (Å²) >= 11 is 0. The number of unbranched alkanes of at least 4 members (excludes halogenated alkanes) is 15. The van der Waals surface area contributed by atoms with Crippen LogP contribution in [0.3, 0.4) is 0 Å². The van der Waals surface area contributed by atoms with Crippen LogP contribution in [-0.4, -0.2) is 89.6 Å². The number of rotatable bonds is 28. The Kier molecular flexibility index (Phi) is 25.3. The highest BCUT2D eigenvalue weighted by molar-refractivity contribution is 5.69. The Morgan fingerprint density at radius 1 is 0.721 bits per heavy atom. The summed E-state index contributed by atoms with van der Waals surface area (Å²) in [5, 5.41) is 39.7. The first-order valence-electron chi connectivity index (χ1n) is 17.3. The molecule has 9 heteroatoms. The largest absolute Gasteiger partial charge is 0.457 e. The Morgan fingerprint density at radius 3 is 1.98 bits per heavy atom. The predicted octanol–water partition coefficient (Wildman–Crippen LogP) is 5.74. The third-order valence-corrected chi connectivity index (χ3v) is 7.91. The molecule has 9 nitrogen and oxygen atoms in total. The van der Waals surface area contributed by atoms with Crippen molar-refractivity contribution in [3.63, 3.8) is 0 Å². The van der Waals surface area contributed by atoms with E-state index in [1.54, 1.807) is 0 Å². The van der Waals surface area contributed by atoms with Crippen molar-refractivity contribution in [2.24, 2.45) is 0 Å². The minimum Gasteiger partial charge on any atom is -0.457 e. The van der Waals surface area contributed by atoms with Crippen molar-refractivity contribution < 1.29 is 44.2 Å². The van der Waals surface area contributed by atoms with E-state index in [2.05, 4.69) is 26.0 Å². The molecule has 1 saturated heterocycles. The Labute approximate surface area is 261 Å².